The average molecular weight is 963 g/mol. The van der Waals surface area contributed by atoms with Gasteiger partial charge in [-0.1, -0.05) is 200 Å². The number of hydrogen-bond acceptors (Lipinski definition) is 15. The average Bonchev–Trinajstić information content (AvgIpc) is 3.32. The minimum Gasteiger partial charge on any atom is -0.462 e. The van der Waals surface area contributed by atoms with Gasteiger partial charge in [-0.15, -0.1) is 0 Å². The van der Waals surface area contributed by atoms with Gasteiger partial charge in [-0.05, 0) is 12.8 Å². The molecule has 0 aromatic carbocycles. The van der Waals surface area contributed by atoms with E-state index in [1.54, 1.807) is 0 Å². The number of aliphatic hydroxyl groups is 7. The van der Waals surface area contributed by atoms with Crippen molar-refractivity contribution in [2.24, 2.45) is 0 Å². The van der Waals surface area contributed by atoms with Gasteiger partial charge in [-0.25, -0.2) is 0 Å². The van der Waals surface area contributed by atoms with Crippen molar-refractivity contribution in [2.75, 3.05) is 26.4 Å². The van der Waals surface area contributed by atoms with Crippen LogP contribution in [0.3, 0.4) is 0 Å². The lowest BCUT2D eigenvalue weighted by atomic mass is 9.98. The molecule has 2 rings (SSSR count). The van der Waals surface area contributed by atoms with Crippen LogP contribution in [-0.4, -0.2) is 142 Å². The van der Waals surface area contributed by atoms with Crippen molar-refractivity contribution in [2.45, 2.75) is 293 Å². The van der Waals surface area contributed by atoms with Crippen LogP contribution in [0.4, 0.5) is 0 Å². The maximum atomic E-state index is 12.9. The first-order valence-corrected chi connectivity index (χ1v) is 27.1. The Hall–Kier alpha value is -1.50. The Kier molecular flexibility index (Phi) is 36.9. The van der Waals surface area contributed by atoms with Crippen molar-refractivity contribution < 1.29 is 73.8 Å². The fraction of sp³-hybridized carbons (Fsp3) is 0.962. The summed E-state index contributed by atoms with van der Waals surface area (Å²) in [6.45, 7) is 2.59. The molecule has 2 heterocycles. The second-order valence-electron chi connectivity index (χ2n) is 19.4. The molecule has 0 bridgehead atoms. The SMILES string of the molecule is CCCCCCCCCCCCCCCCCCCCCCCCCC(=O)OC[C@@H](CO[C@@H]1O[C@H](CO[C@@H]2O[C@H](CO)[C@H](O)C(O)C2O)[C@H](O)C(O)C1O)OC(=O)CCCCCCCCCC. The van der Waals surface area contributed by atoms with Crippen molar-refractivity contribution >= 4 is 11.9 Å². The zero-order valence-electron chi connectivity index (χ0n) is 41.9. The number of carbonyl (C=O) groups is 2. The largest absolute Gasteiger partial charge is 0.462 e. The number of ether oxygens (including phenoxy) is 6. The first-order chi connectivity index (χ1) is 32.5. The monoisotopic (exact) mass is 963 g/mol. The Bertz CT molecular complexity index is 1180. The molecule has 2 saturated heterocycles. The number of rotatable bonds is 43. The normalized spacial score (nSPS) is 25.9. The zero-order chi connectivity index (χ0) is 48.9. The molecule has 7 N–H and O–H groups in total. The third-order valence-corrected chi connectivity index (χ3v) is 13.3. The van der Waals surface area contributed by atoms with Crippen LogP contribution in [0.15, 0.2) is 0 Å². The summed E-state index contributed by atoms with van der Waals surface area (Å²) in [5, 5.41) is 72.0. The predicted molar refractivity (Wildman–Crippen MR) is 257 cm³/mol. The highest BCUT2D eigenvalue weighted by atomic mass is 16.7. The van der Waals surface area contributed by atoms with Crippen LogP contribution in [0.1, 0.15) is 226 Å². The van der Waals surface area contributed by atoms with Crippen LogP contribution < -0.4 is 0 Å². The minimum absolute atomic E-state index is 0.170. The number of hydrogen-bond donors (Lipinski definition) is 7. The smallest absolute Gasteiger partial charge is 0.306 e. The Morgan fingerprint density at radius 3 is 1.16 bits per heavy atom. The highest BCUT2D eigenvalue weighted by Crippen LogP contribution is 2.27. The molecule has 0 radical (unpaired) electrons. The van der Waals surface area contributed by atoms with Crippen LogP contribution in [0.25, 0.3) is 0 Å². The Morgan fingerprint density at radius 2 is 0.761 bits per heavy atom. The van der Waals surface area contributed by atoms with Crippen molar-refractivity contribution in [1.82, 2.24) is 0 Å². The summed E-state index contributed by atoms with van der Waals surface area (Å²) >= 11 is 0. The lowest BCUT2D eigenvalue weighted by molar-refractivity contribution is -0.332. The highest BCUT2D eigenvalue weighted by molar-refractivity contribution is 5.70. The molecule has 15 nitrogen and oxygen atoms in total. The standard InChI is InChI=1S/C52H98O15/c1-3-5-7-9-11-13-14-15-16-17-18-19-20-21-22-23-24-25-26-27-29-30-32-34-43(54)62-37-40(65-44(55)35-33-31-28-12-10-8-6-4-2)38-63-51-50(61)48(59)46(57)42(67-51)39-64-52-49(60)47(58)45(56)41(36-53)66-52/h40-42,45-53,56-61H,3-39H2,1-2H3/t40-,41+,42+,45-,46-,47?,48?,49?,50?,51+,52+/m0/s1. The third kappa shape index (κ3) is 28.2. The Morgan fingerprint density at radius 1 is 0.418 bits per heavy atom. The summed E-state index contributed by atoms with van der Waals surface area (Å²) in [5.41, 5.74) is 0. The van der Waals surface area contributed by atoms with Gasteiger partial charge in [-0.2, -0.15) is 0 Å². The molecule has 0 aromatic rings. The van der Waals surface area contributed by atoms with E-state index in [1.165, 1.54) is 148 Å². The van der Waals surface area contributed by atoms with Crippen LogP contribution in [0, 0.1) is 0 Å². The fourth-order valence-electron chi connectivity index (χ4n) is 8.87. The topological polar surface area (TPSA) is 231 Å². The van der Waals surface area contributed by atoms with Gasteiger partial charge >= 0.3 is 11.9 Å². The maximum Gasteiger partial charge on any atom is 0.306 e. The van der Waals surface area contributed by atoms with Gasteiger partial charge in [0, 0.05) is 12.8 Å². The number of unbranched alkanes of at least 4 members (excludes halogenated alkanes) is 29. The van der Waals surface area contributed by atoms with Gasteiger partial charge < -0.3 is 64.2 Å². The van der Waals surface area contributed by atoms with Crippen molar-refractivity contribution in [3.63, 3.8) is 0 Å². The van der Waals surface area contributed by atoms with E-state index in [0.717, 1.165) is 38.5 Å². The van der Waals surface area contributed by atoms with Gasteiger partial charge in [0.1, 0.15) is 55.4 Å². The quantitative estimate of drug-likeness (QED) is 0.0227. The summed E-state index contributed by atoms with van der Waals surface area (Å²) in [6.07, 6.45) is 21.7. The molecule has 2 aliphatic heterocycles. The summed E-state index contributed by atoms with van der Waals surface area (Å²) in [6, 6.07) is 0. The van der Waals surface area contributed by atoms with Crippen LogP contribution >= 0.6 is 0 Å². The van der Waals surface area contributed by atoms with Crippen molar-refractivity contribution in [3.8, 4) is 0 Å². The first kappa shape index (κ1) is 61.6. The molecule has 11 atom stereocenters. The molecule has 0 aliphatic carbocycles. The van der Waals surface area contributed by atoms with E-state index in [-0.39, 0.29) is 26.1 Å². The summed E-state index contributed by atoms with van der Waals surface area (Å²) in [4.78, 5) is 25.7. The summed E-state index contributed by atoms with van der Waals surface area (Å²) in [7, 11) is 0. The molecule has 0 spiro atoms. The molecule has 4 unspecified atom stereocenters. The molecule has 15 heteroatoms. The van der Waals surface area contributed by atoms with Crippen LogP contribution in [0.2, 0.25) is 0 Å². The fourth-order valence-corrected chi connectivity index (χ4v) is 8.87. The second kappa shape index (κ2) is 40.1. The van der Waals surface area contributed by atoms with E-state index in [0.29, 0.717) is 12.8 Å². The maximum absolute atomic E-state index is 12.9. The second-order valence-corrected chi connectivity index (χ2v) is 19.4. The highest BCUT2D eigenvalue weighted by Gasteiger charge is 2.47. The van der Waals surface area contributed by atoms with Crippen molar-refractivity contribution in [3.05, 3.63) is 0 Å². The molecule has 2 fully saturated rings. The molecular weight excluding hydrogens is 865 g/mol. The van der Waals surface area contributed by atoms with Gasteiger partial charge in [-0.3, -0.25) is 9.59 Å². The van der Waals surface area contributed by atoms with E-state index < -0.39 is 92.7 Å². The number of aliphatic hydroxyl groups excluding tert-OH is 7. The van der Waals surface area contributed by atoms with Gasteiger partial charge in [0.15, 0.2) is 18.7 Å². The van der Waals surface area contributed by atoms with Crippen LogP contribution in [-0.2, 0) is 38.0 Å². The van der Waals surface area contributed by atoms with Gasteiger partial charge in [0.2, 0.25) is 0 Å². The molecule has 0 saturated carbocycles. The lowest BCUT2D eigenvalue weighted by Crippen LogP contribution is -2.61. The van der Waals surface area contributed by atoms with E-state index in [9.17, 15) is 45.3 Å². The van der Waals surface area contributed by atoms with Gasteiger partial charge in [0.25, 0.3) is 0 Å². The molecule has 67 heavy (non-hydrogen) atoms. The minimum atomic E-state index is -1.76. The molecule has 2 aliphatic rings. The molecular formula is C52H98O15. The van der Waals surface area contributed by atoms with Crippen molar-refractivity contribution in [1.29, 1.82) is 0 Å². The molecule has 0 amide bonds. The van der Waals surface area contributed by atoms with Gasteiger partial charge in [0.05, 0.1) is 19.8 Å². The summed E-state index contributed by atoms with van der Waals surface area (Å²) in [5.74, 6) is -0.915. The number of esters is 2. The molecule has 0 aromatic heterocycles. The Labute approximate surface area is 404 Å². The first-order valence-electron chi connectivity index (χ1n) is 27.1. The number of carbonyl (C=O) groups excluding carboxylic acids is 2. The van der Waals surface area contributed by atoms with E-state index in [2.05, 4.69) is 13.8 Å². The Balaban J connectivity index is 1.68. The van der Waals surface area contributed by atoms with E-state index in [1.807, 2.05) is 0 Å². The predicted octanol–water partition coefficient (Wildman–Crippen LogP) is 8.00. The molecule has 396 valence electrons. The van der Waals surface area contributed by atoms with E-state index in [4.69, 9.17) is 28.4 Å². The van der Waals surface area contributed by atoms with E-state index >= 15 is 0 Å². The zero-order valence-corrected chi connectivity index (χ0v) is 41.9. The lowest BCUT2D eigenvalue weighted by Gasteiger charge is -2.42. The third-order valence-electron chi connectivity index (χ3n) is 13.3. The van der Waals surface area contributed by atoms with Crippen LogP contribution in [0.5, 0.6) is 0 Å². The summed E-state index contributed by atoms with van der Waals surface area (Å²) < 4.78 is 33.5.